The van der Waals surface area contributed by atoms with E-state index in [-0.39, 0.29) is 17.3 Å². The molecule has 21 heavy (non-hydrogen) atoms. The second-order valence-electron chi connectivity index (χ2n) is 5.38. The average molecular weight is 311 g/mol. The second kappa shape index (κ2) is 6.55. The molecule has 0 unspecified atom stereocenters. The maximum absolute atomic E-state index is 11.9. The molecule has 1 fully saturated rings. The average Bonchev–Trinajstić information content (AvgIpc) is 2.90. The summed E-state index contributed by atoms with van der Waals surface area (Å²) in [5.41, 5.74) is 0.925. The van der Waals surface area contributed by atoms with Gasteiger partial charge in [-0.2, -0.15) is 0 Å². The Morgan fingerprint density at radius 2 is 2.00 bits per heavy atom. The number of primary sulfonamides is 1. The molecule has 0 bridgehead atoms. The Morgan fingerprint density at radius 3 is 2.62 bits per heavy atom. The molecular formula is C14H21N3O3S. The zero-order valence-corrected chi connectivity index (χ0v) is 12.9. The first-order chi connectivity index (χ1) is 9.88. The van der Waals surface area contributed by atoms with Crippen LogP contribution < -0.4 is 15.8 Å². The lowest BCUT2D eigenvalue weighted by Gasteiger charge is -2.14. The molecular weight excluding hydrogens is 290 g/mol. The number of hydrogen-bond acceptors (Lipinski definition) is 4. The number of anilines is 1. The van der Waals surface area contributed by atoms with Crippen molar-refractivity contribution in [2.24, 2.45) is 5.14 Å². The molecule has 0 radical (unpaired) electrons. The Hall–Kier alpha value is -1.44. The van der Waals surface area contributed by atoms with Gasteiger partial charge in [-0.05, 0) is 37.5 Å². The Labute approximate surface area is 125 Å². The molecule has 1 aliphatic carbocycles. The van der Waals surface area contributed by atoms with Crippen LogP contribution in [0.15, 0.2) is 23.1 Å². The smallest absolute Gasteiger partial charge is 0.238 e. The molecule has 1 aliphatic rings. The van der Waals surface area contributed by atoms with Crippen LogP contribution in [0.25, 0.3) is 0 Å². The van der Waals surface area contributed by atoms with Crippen molar-refractivity contribution in [1.29, 1.82) is 0 Å². The lowest BCUT2D eigenvalue weighted by atomic mass is 10.2. The zero-order chi connectivity index (χ0) is 15.5. The van der Waals surface area contributed by atoms with E-state index in [1.807, 2.05) is 0 Å². The molecule has 116 valence electrons. The van der Waals surface area contributed by atoms with Crippen LogP contribution >= 0.6 is 0 Å². The van der Waals surface area contributed by atoms with E-state index in [0.29, 0.717) is 17.3 Å². The van der Waals surface area contributed by atoms with Gasteiger partial charge in [-0.25, -0.2) is 13.6 Å². The quantitative estimate of drug-likeness (QED) is 0.758. The van der Waals surface area contributed by atoms with Crippen LogP contribution in [0.3, 0.4) is 0 Å². The topological polar surface area (TPSA) is 101 Å². The molecule has 7 heteroatoms. The molecule has 1 aromatic carbocycles. The molecule has 1 saturated carbocycles. The predicted octanol–water partition coefficient (Wildman–Crippen LogP) is 1.11. The van der Waals surface area contributed by atoms with Crippen LogP contribution in [0.2, 0.25) is 0 Å². The molecule has 0 atom stereocenters. The van der Waals surface area contributed by atoms with E-state index < -0.39 is 10.0 Å². The number of carbonyl (C=O) groups is 1. The molecule has 1 amide bonds. The van der Waals surface area contributed by atoms with Crippen LogP contribution in [0.5, 0.6) is 0 Å². The van der Waals surface area contributed by atoms with Crippen LogP contribution in [-0.2, 0) is 14.8 Å². The van der Waals surface area contributed by atoms with Gasteiger partial charge in [-0.15, -0.1) is 0 Å². The minimum Gasteiger partial charge on any atom is -0.325 e. The summed E-state index contributed by atoms with van der Waals surface area (Å²) < 4.78 is 22.9. The summed E-state index contributed by atoms with van der Waals surface area (Å²) in [6.45, 7) is 1.85. The van der Waals surface area contributed by atoms with Crippen molar-refractivity contribution in [2.45, 2.75) is 43.5 Å². The molecule has 0 saturated heterocycles. The predicted molar refractivity (Wildman–Crippen MR) is 81.4 cm³/mol. The fourth-order valence-corrected chi connectivity index (χ4v) is 3.42. The van der Waals surface area contributed by atoms with Crippen molar-refractivity contribution < 1.29 is 13.2 Å². The van der Waals surface area contributed by atoms with Crippen LogP contribution in [-0.4, -0.2) is 26.9 Å². The number of carbonyl (C=O) groups excluding carboxylic acids is 1. The van der Waals surface area contributed by atoms with Crippen molar-refractivity contribution in [2.75, 3.05) is 11.9 Å². The first-order valence-corrected chi connectivity index (χ1v) is 8.58. The van der Waals surface area contributed by atoms with E-state index in [9.17, 15) is 13.2 Å². The third-order valence-corrected chi connectivity index (χ3v) is 4.83. The van der Waals surface area contributed by atoms with Gasteiger partial charge < -0.3 is 10.6 Å². The van der Waals surface area contributed by atoms with Gasteiger partial charge in [-0.1, -0.05) is 18.9 Å². The van der Waals surface area contributed by atoms with E-state index >= 15 is 0 Å². The van der Waals surface area contributed by atoms with Crippen LogP contribution in [0, 0.1) is 6.92 Å². The highest BCUT2D eigenvalue weighted by atomic mass is 32.2. The van der Waals surface area contributed by atoms with Gasteiger partial charge in [0.1, 0.15) is 0 Å². The van der Waals surface area contributed by atoms with E-state index in [1.165, 1.54) is 18.9 Å². The summed E-state index contributed by atoms with van der Waals surface area (Å²) in [5.74, 6) is -0.184. The van der Waals surface area contributed by atoms with Crippen molar-refractivity contribution in [3.05, 3.63) is 23.8 Å². The molecule has 2 rings (SSSR count). The number of amides is 1. The number of benzene rings is 1. The summed E-state index contributed by atoms with van der Waals surface area (Å²) >= 11 is 0. The van der Waals surface area contributed by atoms with Gasteiger partial charge in [0.2, 0.25) is 15.9 Å². The molecule has 0 aliphatic heterocycles. The Bertz CT molecular complexity index is 622. The molecule has 0 aromatic heterocycles. The van der Waals surface area contributed by atoms with Gasteiger partial charge in [0.15, 0.2) is 0 Å². The Kier molecular flexibility index (Phi) is 4.97. The van der Waals surface area contributed by atoms with Gasteiger partial charge in [0.25, 0.3) is 0 Å². The van der Waals surface area contributed by atoms with E-state index in [4.69, 9.17) is 5.14 Å². The highest BCUT2D eigenvalue weighted by Crippen LogP contribution is 2.22. The summed E-state index contributed by atoms with van der Waals surface area (Å²) in [5, 5.41) is 11.1. The van der Waals surface area contributed by atoms with Crippen molar-refractivity contribution >= 4 is 21.6 Å². The minimum atomic E-state index is -3.78. The van der Waals surface area contributed by atoms with Gasteiger partial charge in [-0.3, -0.25) is 4.79 Å². The second-order valence-corrected chi connectivity index (χ2v) is 6.91. The normalized spacial score (nSPS) is 16.1. The SMILES string of the molecule is Cc1c(NC(=O)CNC2CCCC2)cccc1S(N)(=O)=O. The molecule has 4 N–H and O–H groups in total. The summed E-state index contributed by atoms with van der Waals surface area (Å²) in [4.78, 5) is 12.0. The third-order valence-electron chi connectivity index (χ3n) is 3.77. The van der Waals surface area contributed by atoms with Gasteiger partial charge in [0.05, 0.1) is 11.4 Å². The van der Waals surface area contributed by atoms with E-state index in [0.717, 1.165) is 12.8 Å². The molecule has 6 nitrogen and oxygen atoms in total. The van der Waals surface area contributed by atoms with Crippen molar-refractivity contribution in [3.63, 3.8) is 0 Å². The number of sulfonamides is 1. The maximum atomic E-state index is 11.9. The fourth-order valence-electron chi connectivity index (χ4n) is 2.62. The lowest BCUT2D eigenvalue weighted by Crippen LogP contribution is -2.34. The fraction of sp³-hybridized carbons (Fsp3) is 0.500. The summed E-state index contributed by atoms with van der Waals surface area (Å²) in [6.07, 6.45) is 4.62. The van der Waals surface area contributed by atoms with Crippen molar-refractivity contribution in [1.82, 2.24) is 5.32 Å². The van der Waals surface area contributed by atoms with Crippen LogP contribution in [0.1, 0.15) is 31.2 Å². The Morgan fingerprint density at radius 1 is 1.33 bits per heavy atom. The molecule has 0 spiro atoms. The molecule has 0 heterocycles. The summed E-state index contributed by atoms with van der Waals surface area (Å²) in [7, 11) is -3.78. The third kappa shape index (κ3) is 4.26. The van der Waals surface area contributed by atoms with Gasteiger partial charge in [0, 0.05) is 11.7 Å². The zero-order valence-electron chi connectivity index (χ0n) is 12.1. The van der Waals surface area contributed by atoms with E-state index in [1.54, 1.807) is 19.1 Å². The highest BCUT2D eigenvalue weighted by Gasteiger charge is 2.17. The highest BCUT2D eigenvalue weighted by molar-refractivity contribution is 7.89. The number of nitrogens with one attached hydrogen (secondary N) is 2. The largest absolute Gasteiger partial charge is 0.325 e. The van der Waals surface area contributed by atoms with Gasteiger partial charge >= 0.3 is 0 Å². The summed E-state index contributed by atoms with van der Waals surface area (Å²) in [6, 6.07) is 5.06. The number of nitrogens with two attached hydrogens (primary N) is 1. The molecule has 1 aromatic rings. The van der Waals surface area contributed by atoms with Crippen LogP contribution in [0.4, 0.5) is 5.69 Å². The minimum absolute atomic E-state index is 0.0315. The Balaban J connectivity index is 2.00. The lowest BCUT2D eigenvalue weighted by molar-refractivity contribution is -0.115. The standard InChI is InChI=1S/C14H21N3O3S/c1-10-12(7-4-8-13(10)21(15,19)20)17-14(18)9-16-11-5-2-3-6-11/h4,7-8,11,16H,2-3,5-6,9H2,1H3,(H,17,18)(H2,15,19,20). The monoisotopic (exact) mass is 311 g/mol. The number of hydrogen-bond donors (Lipinski definition) is 3. The van der Waals surface area contributed by atoms with Crippen molar-refractivity contribution in [3.8, 4) is 0 Å². The van der Waals surface area contributed by atoms with E-state index in [2.05, 4.69) is 10.6 Å². The first-order valence-electron chi connectivity index (χ1n) is 7.03. The maximum Gasteiger partial charge on any atom is 0.238 e. The first kappa shape index (κ1) is 15.9. The number of rotatable bonds is 5.